The van der Waals surface area contributed by atoms with Gasteiger partial charge in [0.2, 0.25) is 0 Å². The average molecular weight is 491 g/mol. The molecule has 4 aromatic rings. The summed E-state index contributed by atoms with van der Waals surface area (Å²) in [6.07, 6.45) is 0.763. The summed E-state index contributed by atoms with van der Waals surface area (Å²) in [6.45, 7) is 0. The molecular formula is C27H24BrO2P. The number of carbonyl (C=O) groups is 1. The van der Waals surface area contributed by atoms with Gasteiger partial charge in [0.15, 0.2) is 0 Å². The summed E-state index contributed by atoms with van der Waals surface area (Å²) >= 11 is 0. The highest BCUT2D eigenvalue weighted by Gasteiger charge is 2.21. The fraction of sp³-hybridized carbons (Fsp3) is 0.0741. The molecule has 0 saturated carbocycles. The van der Waals surface area contributed by atoms with Crippen molar-refractivity contribution in [1.29, 1.82) is 0 Å². The topological polar surface area (TPSA) is 26.3 Å². The molecule has 0 heterocycles. The molecule has 4 aromatic carbocycles. The predicted molar refractivity (Wildman–Crippen MR) is 136 cm³/mol. The number of carbonyl (C=O) groups excluding carboxylic acids is 1. The van der Waals surface area contributed by atoms with E-state index in [9.17, 15) is 4.79 Å². The van der Waals surface area contributed by atoms with Crippen LogP contribution in [-0.2, 0) is 11.2 Å². The molecule has 0 radical (unpaired) electrons. The molecule has 31 heavy (non-hydrogen) atoms. The van der Waals surface area contributed by atoms with Crippen LogP contribution in [0.5, 0.6) is 0 Å². The van der Waals surface area contributed by atoms with Crippen LogP contribution in [0, 0.1) is 0 Å². The van der Waals surface area contributed by atoms with Crippen molar-refractivity contribution in [3.63, 3.8) is 0 Å². The summed E-state index contributed by atoms with van der Waals surface area (Å²) in [5, 5.41) is 3.84. The smallest absolute Gasteiger partial charge is 0.337 e. The molecule has 4 heteroatoms. The highest BCUT2D eigenvalue weighted by Crippen LogP contribution is 2.35. The summed E-state index contributed by atoms with van der Waals surface area (Å²) < 4.78 is 4.98. The van der Waals surface area contributed by atoms with Gasteiger partial charge in [0.1, 0.15) is 0 Å². The molecule has 0 aliphatic heterocycles. The van der Waals surface area contributed by atoms with E-state index in [1.54, 1.807) is 0 Å². The molecule has 0 amide bonds. The molecule has 0 saturated heterocycles. The van der Waals surface area contributed by atoms with Crippen LogP contribution in [0.4, 0.5) is 0 Å². The molecular weight excluding hydrogens is 467 g/mol. The van der Waals surface area contributed by atoms with Crippen molar-refractivity contribution in [2.45, 2.75) is 6.42 Å². The van der Waals surface area contributed by atoms with Gasteiger partial charge in [0.25, 0.3) is 0 Å². The van der Waals surface area contributed by atoms with Crippen molar-refractivity contribution < 1.29 is 9.53 Å². The van der Waals surface area contributed by atoms with E-state index >= 15 is 0 Å². The van der Waals surface area contributed by atoms with E-state index < -0.39 is 7.92 Å². The molecule has 0 aromatic heterocycles. The van der Waals surface area contributed by atoms with Gasteiger partial charge >= 0.3 is 5.97 Å². The lowest BCUT2D eigenvalue weighted by molar-refractivity contribution is 0.0600. The van der Waals surface area contributed by atoms with Crippen molar-refractivity contribution in [1.82, 2.24) is 0 Å². The third-order valence-electron chi connectivity index (χ3n) is 5.01. The van der Waals surface area contributed by atoms with Crippen molar-refractivity contribution >= 4 is 46.8 Å². The minimum atomic E-state index is -0.751. The Morgan fingerprint density at radius 3 is 1.77 bits per heavy atom. The Balaban J connectivity index is 0.00000272. The Bertz CT molecular complexity index is 1080. The summed E-state index contributed by atoms with van der Waals surface area (Å²) in [5.41, 5.74) is 2.96. The number of esters is 1. The molecule has 4 rings (SSSR count). The lowest BCUT2D eigenvalue weighted by Gasteiger charge is -2.23. The van der Waals surface area contributed by atoms with Gasteiger partial charge in [-0.1, -0.05) is 97.1 Å². The van der Waals surface area contributed by atoms with Crippen LogP contribution in [0.3, 0.4) is 0 Å². The minimum absolute atomic E-state index is 0. The van der Waals surface area contributed by atoms with Crippen LogP contribution in [0.2, 0.25) is 0 Å². The molecule has 0 unspecified atom stereocenters. The second-order valence-corrected chi connectivity index (χ2v) is 9.19. The second kappa shape index (κ2) is 11.0. The van der Waals surface area contributed by atoms with Crippen LogP contribution in [-0.4, -0.2) is 13.1 Å². The van der Waals surface area contributed by atoms with Crippen molar-refractivity contribution in [3.05, 3.63) is 126 Å². The summed E-state index contributed by atoms with van der Waals surface area (Å²) in [7, 11) is 0.674. The van der Waals surface area contributed by atoms with Gasteiger partial charge in [0.05, 0.1) is 12.7 Å². The van der Waals surface area contributed by atoms with Crippen LogP contribution in [0.25, 0.3) is 0 Å². The Labute approximate surface area is 195 Å². The zero-order chi connectivity index (χ0) is 20.8. The highest BCUT2D eigenvalue weighted by atomic mass is 79.9. The van der Waals surface area contributed by atoms with Gasteiger partial charge in [-0.3, -0.25) is 0 Å². The molecule has 2 nitrogen and oxygen atoms in total. The van der Waals surface area contributed by atoms with Crippen LogP contribution in [0.15, 0.2) is 109 Å². The lowest BCUT2D eigenvalue weighted by Crippen LogP contribution is -2.24. The number of methoxy groups -OCH3 is 1. The molecule has 0 spiro atoms. The summed E-state index contributed by atoms with van der Waals surface area (Å²) in [4.78, 5) is 12.2. The van der Waals surface area contributed by atoms with Gasteiger partial charge in [-0.25, -0.2) is 4.79 Å². The number of hydrogen-bond acceptors (Lipinski definition) is 2. The van der Waals surface area contributed by atoms with E-state index in [1.165, 1.54) is 28.6 Å². The van der Waals surface area contributed by atoms with Crippen molar-refractivity contribution in [2.75, 3.05) is 7.11 Å². The van der Waals surface area contributed by atoms with Crippen molar-refractivity contribution in [2.24, 2.45) is 0 Å². The Hall–Kier alpha value is -2.74. The van der Waals surface area contributed by atoms with Gasteiger partial charge in [0, 0.05) is 0 Å². The SMILES string of the molecule is Br.COC(=O)c1ccc(P(c2ccccc2)c2ccccc2)c(Cc2ccccc2)c1. The maximum absolute atomic E-state index is 12.2. The molecule has 0 fully saturated rings. The van der Waals surface area contributed by atoms with Gasteiger partial charge in [-0.05, 0) is 53.5 Å². The fourth-order valence-corrected chi connectivity index (χ4v) is 6.04. The first kappa shape index (κ1) is 22.9. The highest BCUT2D eigenvalue weighted by molar-refractivity contribution is 8.93. The van der Waals surface area contributed by atoms with E-state index in [0.717, 1.165) is 12.0 Å². The van der Waals surface area contributed by atoms with Crippen LogP contribution in [0.1, 0.15) is 21.5 Å². The van der Waals surface area contributed by atoms with Crippen LogP contribution < -0.4 is 15.9 Å². The van der Waals surface area contributed by atoms with Gasteiger partial charge < -0.3 is 4.74 Å². The number of rotatable bonds is 6. The van der Waals surface area contributed by atoms with E-state index in [1.807, 2.05) is 30.3 Å². The molecule has 0 bridgehead atoms. The molecule has 156 valence electrons. The fourth-order valence-electron chi connectivity index (χ4n) is 3.59. The largest absolute Gasteiger partial charge is 0.465 e. The zero-order valence-corrected chi connectivity index (χ0v) is 19.9. The average Bonchev–Trinajstić information content (AvgIpc) is 2.82. The van der Waals surface area contributed by atoms with Crippen LogP contribution >= 0.6 is 24.9 Å². The summed E-state index contributed by atoms with van der Waals surface area (Å²) in [5.74, 6) is -0.306. The monoisotopic (exact) mass is 490 g/mol. The molecule has 0 aliphatic rings. The third-order valence-corrected chi connectivity index (χ3v) is 7.55. The predicted octanol–water partition coefficient (Wildman–Crippen LogP) is 5.40. The number of hydrogen-bond donors (Lipinski definition) is 0. The maximum Gasteiger partial charge on any atom is 0.337 e. The molecule has 0 aliphatic carbocycles. The Morgan fingerprint density at radius 1 is 0.742 bits per heavy atom. The van der Waals surface area contributed by atoms with Crippen molar-refractivity contribution in [3.8, 4) is 0 Å². The Morgan fingerprint density at radius 2 is 1.26 bits per heavy atom. The summed E-state index contributed by atoms with van der Waals surface area (Å²) in [6, 6.07) is 37.6. The quantitative estimate of drug-likeness (QED) is 0.267. The number of benzene rings is 4. The lowest BCUT2D eigenvalue weighted by atomic mass is 10.0. The van der Waals surface area contributed by atoms with E-state index in [0.29, 0.717) is 5.56 Å². The van der Waals surface area contributed by atoms with E-state index in [4.69, 9.17) is 4.74 Å². The normalized spacial score (nSPS) is 10.4. The first-order valence-corrected chi connectivity index (χ1v) is 11.3. The number of halogens is 1. The maximum atomic E-state index is 12.2. The molecule has 0 N–H and O–H groups in total. The minimum Gasteiger partial charge on any atom is -0.465 e. The van der Waals surface area contributed by atoms with Gasteiger partial charge in [-0.15, -0.1) is 17.0 Å². The van der Waals surface area contributed by atoms with E-state index in [-0.39, 0.29) is 23.0 Å². The number of ether oxygens (including phenoxy) is 1. The molecule has 0 atom stereocenters. The third kappa shape index (κ3) is 5.50. The first-order chi connectivity index (χ1) is 14.8. The first-order valence-electron chi connectivity index (χ1n) is 9.91. The van der Waals surface area contributed by atoms with Gasteiger partial charge in [-0.2, -0.15) is 0 Å². The Kier molecular flexibility index (Phi) is 8.17. The standard InChI is InChI=1S/C27H23O2P.BrH/c1-29-27(28)22-17-18-26(23(20-22)19-21-11-5-2-6-12-21)30(24-13-7-3-8-14-24)25-15-9-4-10-16-25;/h2-18,20H,19H2,1H3;1H. The van der Waals surface area contributed by atoms with E-state index in [2.05, 4.69) is 78.9 Å². The second-order valence-electron chi connectivity index (χ2n) is 7.00. The zero-order valence-electron chi connectivity index (χ0n) is 17.3.